The lowest BCUT2D eigenvalue weighted by Crippen LogP contribution is -2.35. The minimum atomic E-state index is -0.841. The second-order valence-electron chi connectivity index (χ2n) is 5.95. The van der Waals surface area contributed by atoms with Gasteiger partial charge in [0.1, 0.15) is 0 Å². The summed E-state index contributed by atoms with van der Waals surface area (Å²) in [5.74, 6) is -0.170. The molecule has 118 valence electrons. The molecule has 0 saturated heterocycles. The van der Waals surface area contributed by atoms with Crippen LogP contribution in [0.5, 0.6) is 0 Å². The highest BCUT2D eigenvalue weighted by atomic mass is 32.1. The molecule has 2 N–H and O–H groups in total. The number of aromatic nitrogens is 3. The van der Waals surface area contributed by atoms with Crippen molar-refractivity contribution in [3.63, 3.8) is 0 Å². The Hall–Kier alpha value is -1.73. The van der Waals surface area contributed by atoms with Crippen molar-refractivity contribution < 1.29 is 9.90 Å². The van der Waals surface area contributed by atoms with E-state index in [1.54, 1.807) is 10.9 Å². The highest BCUT2D eigenvalue weighted by molar-refractivity contribution is 7.14. The van der Waals surface area contributed by atoms with Crippen LogP contribution in [0, 0.1) is 0 Å². The molecule has 3 rings (SSSR count). The number of aliphatic hydroxyl groups is 1. The summed E-state index contributed by atoms with van der Waals surface area (Å²) in [6, 6.07) is 0. The van der Waals surface area contributed by atoms with Gasteiger partial charge in [-0.05, 0) is 12.8 Å². The van der Waals surface area contributed by atoms with Gasteiger partial charge in [0.15, 0.2) is 5.13 Å². The molecule has 0 unspecified atom stereocenters. The molecule has 0 aliphatic heterocycles. The van der Waals surface area contributed by atoms with E-state index < -0.39 is 5.60 Å². The van der Waals surface area contributed by atoms with E-state index in [0.717, 1.165) is 30.5 Å². The minimum Gasteiger partial charge on any atom is -0.389 e. The first kappa shape index (κ1) is 15.2. The summed E-state index contributed by atoms with van der Waals surface area (Å²) in [7, 11) is 1.85. The lowest BCUT2D eigenvalue weighted by Gasteiger charge is -2.31. The fourth-order valence-electron chi connectivity index (χ4n) is 2.87. The number of thiazole rings is 1. The van der Waals surface area contributed by atoms with E-state index in [0.29, 0.717) is 18.0 Å². The second kappa shape index (κ2) is 6.18. The summed E-state index contributed by atoms with van der Waals surface area (Å²) >= 11 is 1.38. The van der Waals surface area contributed by atoms with Crippen LogP contribution in [0.1, 0.15) is 38.5 Å². The fraction of sp³-hybridized carbons (Fsp3) is 0.533. The van der Waals surface area contributed by atoms with E-state index in [4.69, 9.17) is 0 Å². The monoisotopic (exact) mass is 320 g/mol. The Kier molecular flexibility index (Phi) is 4.26. The van der Waals surface area contributed by atoms with Crippen LogP contribution in [0.4, 0.5) is 5.13 Å². The maximum absolute atomic E-state index is 12.1. The highest BCUT2D eigenvalue weighted by Gasteiger charge is 2.31. The smallest absolute Gasteiger partial charge is 0.229 e. The van der Waals surface area contributed by atoms with E-state index in [1.807, 2.05) is 18.6 Å². The van der Waals surface area contributed by atoms with Gasteiger partial charge in [-0.15, -0.1) is 11.3 Å². The highest BCUT2D eigenvalue weighted by Crippen LogP contribution is 2.31. The van der Waals surface area contributed by atoms with Gasteiger partial charge in [0.2, 0.25) is 5.91 Å². The van der Waals surface area contributed by atoms with Crippen molar-refractivity contribution in [2.75, 3.05) is 5.32 Å². The van der Waals surface area contributed by atoms with Crippen molar-refractivity contribution in [1.82, 2.24) is 14.8 Å². The molecular formula is C15H20N4O2S. The van der Waals surface area contributed by atoms with Gasteiger partial charge < -0.3 is 10.4 Å². The molecule has 1 aliphatic carbocycles. The molecule has 1 amide bonds. The maximum Gasteiger partial charge on any atom is 0.229 e. The number of nitrogens with one attached hydrogen (secondary N) is 1. The molecular weight excluding hydrogens is 300 g/mol. The van der Waals surface area contributed by atoms with Gasteiger partial charge in [0, 0.05) is 24.2 Å². The molecule has 1 saturated carbocycles. The van der Waals surface area contributed by atoms with Gasteiger partial charge in [0.25, 0.3) is 0 Å². The molecule has 0 radical (unpaired) electrons. The van der Waals surface area contributed by atoms with Crippen molar-refractivity contribution in [2.45, 2.75) is 44.1 Å². The summed E-state index contributed by atoms with van der Waals surface area (Å²) in [5, 5.41) is 19.8. The summed E-state index contributed by atoms with van der Waals surface area (Å²) in [6.07, 6.45) is 8.31. The molecule has 2 aromatic rings. The maximum atomic E-state index is 12.1. The standard InChI is InChI=1S/C15H20N4O2S/c1-19-9-11(8-16-19)12-10-22-14(17-12)18-13(20)7-15(21)5-3-2-4-6-15/h8-10,21H,2-7H2,1H3,(H,17,18,20). The van der Waals surface area contributed by atoms with Gasteiger partial charge in [-0.2, -0.15) is 5.10 Å². The first-order valence-electron chi connectivity index (χ1n) is 7.51. The minimum absolute atomic E-state index is 0.148. The van der Waals surface area contributed by atoms with Gasteiger partial charge in [-0.3, -0.25) is 9.48 Å². The Bertz CT molecular complexity index is 658. The van der Waals surface area contributed by atoms with E-state index >= 15 is 0 Å². The Balaban J connectivity index is 1.61. The number of anilines is 1. The quantitative estimate of drug-likeness (QED) is 0.907. The molecule has 7 heteroatoms. The largest absolute Gasteiger partial charge is 0.389 e. The third-order valence-corrected chi connectivity index (χ3v) is 4.78. The summed E-state index contributed by atoms with van der Waals surface area (Å²) in [6.45, 7) is 0. The molecule has 0 aromatic carbocycles. The van der Waals surface area contributed by atoms with Crippen molar-refractivity contribution in [3.8, 4) is 11.3 Å². The molecule has 0 atom stereocenters. The number of carbonyl (C=O) groups excluding carboxylic acids is 1. The van der Waals surface area contributed by atoms with Crippen LogP contribution < -0.4 is 5.32 Å². The molecule has 1 fully saturated rings. The SMILES string of the molecule is Cn1cc(-c2csc(NC(=O)CC3(O)CCCCC3)n2)cn1. The lowest BCUT2D eigenvalue weighted by atomic mass is 9.82. The summed E-state index contributed by atoms with van der Waals surface area (Å²) < 4.78 is 1.71. The van der Waals surface area contributed by atoms with Crippen molar-refractivity contribution >= 4 is 22.4 Å². The van der Waals surface area contributed by atoms with Crippen molar-refractivity contribution in [3.05, 3.63) is 17.8 Å². The van der Waals surface area contributed by atoms with E-state index in [-0.39, 0.29) is 12.3 Å². The second-order valence-corrected chi connectivity index (χ2v) is 6.81. The van der Waals surface area contributed by atoms with Gasteiger partial charge in [-0.25, -0.2) is 4.98 Å². The predicted molar refractivity (Wildman–Crippen MR) is 85.6 cm³/mol. The average molecular weight is 320 g/mol. The fourth-order valence-corrected chi connectivity index (χ4v) is 3.60. The Labute approximate surface area is 133 Å². The third kappa shape index (κ3) is 3.53. The number of aryl methyl sites for hydroxylation is 1. The Morgan fingerprint density at radius 1 is 1.45 bits per heavy atom. The molecule has 1 aliphatic rings. The van der Waals surface area contributed by atoms with Gasteiger partial charge in [0.05, 0.1) is 23.9 Å². The molecule has 2 aromatic heterocycles. The van der Waals surface area contributed by atoms with Crippen molar-refractivity contribution in [1.29, 1.82) is 0 Å². The van der Waals surface area contributed by atoms with Gasteiger partial charge in [-0.1, -0.05) is 19.3 Å². The van der Waals surface area contributed by atoms with Crippen LogP contribution in [-0.2, 0) is 11.8 Å². The zero-order valence-electron chi connectivity index (χ0n) is 12.6. The molecule has 0 spiro atoms. The van der Waals surface area contributed by atoms with Crippen LogP contribution >= 0.6 is 11.3 Å². The third-order valence-electron chi connectivity index (χ3n) is 4.03. The van der Waals surface area contributed by atoms with Crippen LogP contribution in [0.15, 0.2) is 17.8 Å². The predicted octanol–water partition coefficient (Wildman–Crippen LogP) is 2.57. The first-order chi connectivity index (χ1) is 10.5. The number of hydrogen-bond donors (Lipinski definition) is 2. The van der Waals surface area contributed by atoms with Crippen molar-refractivity contribution in [2.24, 2.45) is 7.05 Å². The van der Waals surface area contributed by atoms with Crippen LogP contribution in [0.3, 0.4) is 0 Å². The zero-order valence-corrected chi connectivity index (χ0v) is 13.4. The molecule has 0 bridgehead atoms. The molecule has 2 heterocycles. The van der Waals surface area contributed by atoms with E-state index in [2.05, 4.69) is 15.4 Å². The molecule has 22 heavy (non-hydrogen) atoms. The van der Waals surface area contributed by atoms with E-state index in [1.165, 1.54) is 11.3 Å². The summed E-state index contributed by atoms with van der Waals surface area (Å²) in [5.41, 5.74) is 0.876. The topological polar surface area (TPSA) is 80.0 Å². The first-order valence-corrected chi connectivity index (χ1v) is 8.39. The van der Waals surface area contributed by atoms with Crippen LogP contribution in [0.2, 0.25) is 0 Å². The van der Waals surface area contributed by atoms with Crippen LogP contribution in [-0.4, -0.2) is 31.4 Å². The van der Waals surface area contributed by atoms with Crippen LogP contribution in [0.25, 0.3) is 11.3 Å². The number of nitrogens with zero attached hydrogens (tertiary/aromatic N) is 3. The summed E-state index contributed by atoms with van der Waals surface area (Å²) in [4.78, 5) is 16.5. The average Bonchev–Trinajstić information content (AvgIpc) is 3.08. The Morgan fingerprint density at radius 3 is 2.91 bits per heavy atom. The normalized spacial score (nSPS) is 17.4. The number of amides is 1. The Morgan fingerprint density at radius 2 is 2.23 bits per heavy atom. The number of rotatable bonds is 4. The zero-order chi connectivity index (χ0) is 15.6. The number of carbonyl (C=O) groups is 1. The number of hydrogen-bond acceptors (Lipinski definition) is 5. The lowest BCUT2D eigenvalue weighted by molar-refractivity contribution is -0.122. The molecule has 6 nitrogen and oxygen atoms in total. The van der Waals surface area contributed by atoms with E-state index in [9.17, 15) is 9.90 Å². The van der Waals surface area contributed by atoms with Gasteiger partial charge >= 0.3 is 0 Å².